The molecule has 1 aliphatic rings. The van der Waals surface area contributed by atoms with E-state index in [1.807, 2.05) is 0 Å². The normalized spacial score (nSPS) is 22.0. The molecule has 1 aliphatic heterocycles. The van der Waals surface area contributed by atoms with Crippen LogP contribution >= 0.6 is 0 Å². The van der Waals surface area contributed by atoms with Crippen molar-refractivity contribution < 1.29 is 70.1 Å². The van der Waals surface area contributed by atoms with E-state index in [0.29, 0.717) is 5.56 Å². The molecule has 1 fully saturated rings. The van der Waals surface area contributed by atoms with Crippen molar-refractivity contribution in [2.75, 3.05) is 6.61 Å². The van der Waals surface area contributed by atoms with E-state index in [-0.39, 0.29) is 35.5 Å². The molecule has 1 heterocycles. The van der Waals surface area contributed by atoms with Gasteiger partial charge in [-0.15, -0.1) is 0 Å². The van der Waals surface area contributed by atoms with E-state index in [0.717, 1.165) is 24.3 Å². The van der Waals surface area contributed by atoms with E-state index < -0.39 is 83.2 Å². The van der Waals surface area contributed by atoms with Gasteiger partial charge in [0.25, 0.3) is 0 Å². The third kappa shape index (κ3) is 6.11. The summed E-state index contributed by atoms with van der Waals surface area (Å²) in [4.78, 5) is 25.1. The molecule has 0 saturated carbocycles. The van der Waals surface area contributed by atoms with Crippen LogP contribution in [0.25, 0.3) is 0 Å². The summed E-state index contributed by atoms with van der Waals surface area (Å²) in [6, 6.07) is 7.67. The van der Waals surface area contributed by atoms with Crippen LogP contribution in [0, 0.1) is 0 Å². The summed E-state index contributed by atoms with van der Waals surface area (Å²) < 4.78 is 10.7. The van der Waals surface area contributed by atoms with Crippen LogP contribution in [0.15, 0.2) is 42.5 Å². The second-order valence-corrected chi connectivity index (χ2v) is 9.71. The lowest BCUT2D eigenvalue weighted by Crippen LogP contribution is -2.55. The molecule has 0 aliphatic carbocycles. The number of benzene rings is 3. The molecule has 1 saturated heterocycles. The quantitative estimate of drug-likeness (QED) is 0.0993. The maximum Gasteiger partial charge on any atom is 0.338 e. The molecule has 10 N–H and O–H groups in total. The fourth-order valence-electron chi connectivity index (χ4n) is 4.52. The molecule has 0 spiro atoms. The van der Waals surface area contributed by atoms with Crippen LogP contribution in [0.5, 0.6) is 40.2 Å². The number of aryl methyl sites for hydroxylation is 1. The molecule has 4 rings (SSSR count). The molecule has 0 bridgehead atoms. The summed E-state index contributed by atoms with van der Waals surface area (Å²) in [5.74, 6) is -6.26. The molecule has 224 valence electrons. The number of esters is 1. The van der Waals surface area contributed by atoms with Crippen LogP contribution in [0.3, 0.4) is 0 Å². The van der Waals surface area contributed by atoms with Gasteiger partial charge in [-0.2, -0.15) is 0 Å². The van der Waals surface area contributed by atoms with Crippen LogP contribution in [0.2, 0.25) is 0 Å². The molecule has 14 nitrogen and oxygen atoms in total. The second kappa shape index (κ2) is 12.0. The second-order valence-electron chi connectivity index (χ2n) is 9.71. The molecule has 0 aromatic heterocycles. The summed E-state index contributed by atoms with van der Waals surface area (Å²) in [6.45, 7) is -0.690. The number of Topliss-reactive ketones (excluding diaryl/α,β-unsaturated/α-hetero) is 1. The highest BCUT2D eigenvalue weighted by Crippen LogP contribution is 2.39. The third-order valence-electron chi connectivity index (χ3n) is 6.80. The van der Waals surface area contributed by atoms with E-state index in [2.05, 4.69) is 0 Å². The van der Waals surface area contributed by atoms with Gasteiger partial charge in [-0.05, 0) is 53.9 Å². The summed E-state index contributed by atoms with van der Waals surface area (Å²) in [5.41, 5.74) is -0.375. The SMILES string of the molecule is O=C(OC[C@H]1O[C@@H](c2cc(O)c(C(=O)CCc3ccc(O)c(O)c3)c(O)c2)[C@H](O)[C@@H](O)[C@@H]1O)c1cc(O)c(O)c(O)c1. The summed E-state index contributed by atoms with van der Waals surface area (Å²) >= 11 is 0. The topological polar surface area (TPSA) is 255 Å². The number of ether oxygens (including phenoxy) is 2. The maximum absolute atomic E-state index is 12.8. The number of carbonyl (C=O) groups excluding carboxylic acids is 2. The highest BCUT2D eigenvalue weighted by molar-refractivity contribution is 6.01. The Bertz CT molecular complexity index is 1460. The van der Waals surface area contributed by atoms with Crippen molar-refractivity contribution in [3.8, 4) is 40.2 Å². The average Bonchev–Trinajstić information content (AvgIpc) is 2.94. The number of phenols is 7. The minimum absolute atomic E-state index is 0.0897. The first kappa shape index (κ1) is 30.2. The minimum Gasteiger partial charge on any atom is -0.507 e. The molecule has 3 aromatic carbocycles. The molecular weight excluding hydrogens is 560 g/mol. The van der Waals surface area contributed by atoms with Crippen molar-refractivity contribution in [3.63, 3.8) is 0 Å². The monoisotopic (exact) mass is 588 g/mol. The van der Waals surface area contributed by atoms with E-state index in [4.69, 9.17) is 9.47 Å². The summed E-state index contributed by atoms with van der Waals surface area (Å²) in [5, 5.41) is 100. The fourth-order valence-corrected chi connectivity index (χ4v) is 4.52. The smallest absolute Gasteiger partial charge is 0.338 e. The average molecular weight is 589 g/mol. The predicted molar refractivity (Wildman–Crippen MR) is 140 cm³/mol. The van der Waals surface area contributed by atoms with Crippen molar-refractivity contribution in [2.24, 2.45) is 0 Å². The number of carbonyl (C=O) groups is 2. The number of aliphatic hydroxyl groups is 3. The zero-order valence-corrected chi connectivity index (χ0v) is 21.7. The van der Waals surface area contributed by atoms with E-state index in [1.54, 1.807) is 0 Å². The van der Waals surface area contributed by atoms with Crippen molar-refractivity contribution in [1.82, 2.24) is 0 Å². The Morgan fingerprint density at radius 1 is 0.714 bits per heavy atom. The Hall–Kier alpha value is -4.76. The van der Waals surface area contributed by atoms with Crippen LogP contribution in [-0.2, 0) is 15.9 Å². The van der Waals surface area contributed by atoms with Gasteiger partial charge in [-0.25, -0.2) is 4.79 Å². The maximum atomic E-state index is 12.8. The summed E-state index contributed by atoms with van der Waals surface area (Å²) in [6.07, 6.45) is -8.37. The first-order valence-corrected chi connectivity index (χ1v) is 12.5. The predicted octanol–water partition coefficient (Wildman–Crippen LogP) is 0.821. The first-order chi connectivity index (χ1) is 19.8. The van der Waals surface area contributed by atoms with Gasteiger partial charge in [0, 0.05) is 6.42 Å². The van der Waals surface area contributed by atoms with E-state index in [1.165, 1.54) is 18.2 Å². The number of hydrogen-bond donors (Lipinski definition) is 10. The highest BCUT2D eigenvalue weighted by atomic mass is 16.6. The number of aliphatic hydroxyl groups excluding tert-OH is 3. The standard InChI is InChI=1S/C28H28O14/c29-14-3-1-11(5-16(14)31)2-4-15(30)22-17(32)6-12(7-18(22)33)27-26(39)25(38)24(37)21(42-27)10-41-28(40)13-8-19(34)23(36)20(35)9-13/h1,3,5-9,21,24-27,29,31-39H,2,4,10H2/t21-,24-,25+,26-,27+/m1/s1. The van der Waals surface area contributed by atoms with Gasteiger partial charge in [0.1, 0.15) is 54.2 Å². The minimum atomic E-state index is -1.83. The highest BCUT2D eigenvalue weighted by Gasteiger charge is 2.45. The molecular formula is C28H28O14. The van der Waals surface area contributed by atoms with Gasteiger partial charge in [-0.1, -0.05) is 6.07 Å². The Labute approximate surface area is 237 Å². The van der Waals surface area contributed by atoms with Gasteiger partial charge in [0.15, 0.2) is 34.5 Å². The number of aromatic hydroxyl groups is 7. The Kier molecular flexibility index (Phi) is 8.63. The van der Waals surface area contributed by atoms with Crippen molar-refractivity contribution >= 4 is 11.8 Å². The molecule has 5 atom stereocenters. The van der Waals surface area contributed by atoms with Crippen molar-refractivity contribution in [1.29, 1.82) is 0 Å². The largest absolute Gasteiger partial charge is 0.507 e. The molecule has 0 unspecified atom stereocenters. The molecule has 0 radical (unpaired) electrons. The Balaban J connectivity index is 1.48. The van der Waals surface area contributed by atoms with Crippen molar-refractivity contribution in [3.05, 3.63) is 64.7 Å². The number of rotatable bonds is 8. The number of phenolic OH excluding ortho intramolecular Hbond substituents is 7. The first-order valence-electron chi connectivity index (χ1n) is 12.5. The lowest BCUT2D eigenvalue weighted by atomic mass is 9.90. The molecule has 14 heteroatoms. The summed E-state index contributed by atoms with van der Waals surface area (Å²) in [7, 11) is 0. The fraction of sp³-hybridized carbons (Fsp3) is 0.286. The number of hydrogen-bond acceptors (Lipinski definition) is 14. The lowest BCUT2D eigenvalue weighted by Gasteiger charge is -2.40. The molecule has 42 heavy (non-hydrogen) atoms. The molecule has 3 aromatic rings. The zero-order chi connectivity index (χ0) is 30.9. The van der Waals surface area contributed by atoms with Crippen molar-refractivity contribution in [2.45, 2.75) is 43.4 Å². The lowest BCUT2D eigenvalue weighted by molar-refractivity contribution is -0.231. The van der Waals surface area contributed by atoms with Gasteiger partial charge >= 0.3 is 5.97 Å². The van der Waals surface area contributed by atoms with Crippen LogP contribution in [0.1, 0.15) is 44.4 Å². The van der Waals surface area contributed by atoms with E-state index >= 15 is 0 Å². The number of ketones is 1. The Morgan fingerprint density at radius 2 is 1.33 bits per heavy atom. The van der Waals surface area contributed by atoms with Gasteiger partial charge in [0.05, 0.1) is 5.56 Å². The van der Waals surface area contributed by atoms with Crippen LogP contribution in [-0.4, -0.2) is 93.8 Å². The van der Waals surface area contributed by atoms with Gasteiger partial charge in [-0.3, -0.25) is 4.79 Å². The molecule has 0 amide bonds. The third-order valence-corrected chi connectivity index (χ3v) is 6.80. The van der Waals surface area contributed by atoms with Gasteiger partial charge in [0.2, 0.25) is 0 Å². The zero-order valence-electron chi connectivity index (χ0n) is 21.7. The van der Waals surface area contributed by atoms with Crippen LogP contribution in [0.4, 0.5) is 0 Å². The van der Waals surface area contributed by atoms with Gasteiger partial charge < -0.3 is 60.5 Å². The van der Waals surface area contributed by atoms with Crippen LogP contribution < -0.4 is 0 Å². The van der Waals surface area contributed by atoms with E-state index in [9.17, 15) is 60.7 Å². The Morgan fingerprint density at radius 3 is 1.93 bits per heavy atom.